The summed E-state index contributed by atoms with van der Waals surface area (Å²) >= 11 is 9.38. The molecule has 0 N–H and O–H groups in total. The first-order valence-corrected chi connectivity index (χ1v) is 6.74. The van der Waals surface area contributed by atoms with E-state index in [1.807, 2.05) is 12.1 Å². The topological polar surface area (TPSA) is 9.23 Å². The molecule has 0 fully saturated rings. The number of halogens is 4. The summed E-state index contributed by atoms with van der Waals surface area (Å²) in [6.45, 7) is 0. The number of benzene rings is 2. The Hall–Kier alpha value is -1.13. The minimum absolute atomic E-state index is 0.177. The largest absolute Gasteiger partial charge is 0.497 e. The van der Waals surface area contributed by atoms with Crippen molar-refractivity contribution in [3.63, 3.8) is 0 Å². The Morgan fingerprint density at radius 1 is 1.11 bits per heavy atom. The zero-order chi connectivity index (χ0) is 14.0. The molecule has 0 spiro atoms. The molecule has 19 heavy (non-hydrogen) atoms. The average Bonchev–Trinajstić information content (AvgIpc) is 2.42. The van der Waals surface area contributed by atoms with Crippen LogP contribution in [-0.4, -0.2) is 7.11 Å². The summed E-state index contributed by atoms with van der Waals surface area (Å²) in [7, 11) is 1.58. The molecule has 0 bridgehead atoms. The minimum Gasteiger partial charge on any atom is -0.497 e. The number of hydrogen-bond acceptors (Lipinski definition) is 1. The van der Waals surface area contributed by atoms with Crippen LogP contribution < -0.4 is 4.74 Å². The molecule has 1 nitrogen and oxygen atoms in total. The molecule has 0 saturated carbocycles. The molecule has 2 rings (SSSR count). The second-order valence-electron chi connectivity index (χ2n) is 3.92. The van der Waals surface area contributed by atoms with Gasteiger partial charge in [0.05, 0.1) is 11.9 Å². The molecule has 0 radical (unpaired) electrons. The fraction of sp³-hybridized carbons (Fsp3) is 0.143. The Balaban J connectivity index is 2.37. The molecule has 0 aliphatic rings. The van der Waals surface area contributed by atoms with Gasteiger partial charge in [0.25, 0.3) is 0 Å². The Morgan fingerprint density at radius 2 is 1.68 bits per heavy atom. The van der Waals surface area contributed by atoms with Gasteiger partial charge in [-0.25, -0.2) is 8.78 Å². The first-order valence-electron chi connectivity index (χ1n) is 5.45. The van der Waals surface area contributed by atoms with Gasteiger partial charge in [0.1, 0.15) is 5.75 Å². The van der Waals surface area contributed by atoms with Gasteiger partial charge in [0.2, 0.25) is 0 Å². The first kappa shape index (κ1) is 14.3. The molecule has 1 unspecified atom stereocenters. The van der Waals surface area contributed by atoms with Crippen LogP contribution in [0, 0.1) is 11.6 Å². The van der Waals surface area contributed by atoms with Crippen LogP contribution in [0.15, 0.2) is 36.4 Å². The van der Waals surface area contributed by atoms with E-state index in [9.17, 15) is 8.78 Å². The monoisotopic (exact) mass is 346 g/mol. The van der Waals surface area contributed by atoms with E-state index in [0.29, 0.717) is 5.56 Å². The molecule has 0 heterocycles. The van der Waals surface area contributed by atoms with Crippen LogP contribution in [0.3, 0.4) is 0 Å². The molecule has 0 aliphatic carbocycles. The van der Waals surface area contributed by atoms with Crippen LogP contribution in [0.2, 0.25) is 5.02 Å². The lowest BCUT2D eigenvalue weighted by Crippen LogP contribution is -1.97. The van der Waals surface area contributed by atoms with Crippen LogP contribution in [-0.2, 0) is 0 Å². The predicted octanol–water partition coefficient (Wildman–Crippen LogP) is 5.11. The minimum atomic E-state index is -0.955. The summed E-state index contributed by atoms with van der Waals surface area (Å²) in [4.78, 5) is -0.319. The molecular weight excluding hydrogens is 338 g/mol. The van der Waals surface area contributed by atoms with Gasteiger partial charge in [-0.05, 0) is 35.4 Å². The van der Waals surface area contributed by atoms with E-state index in [0.717, 1.165) is 23.4 Å². The van der Waals surface area contributed by atoms with E-state index < -0.39 is 11.6 Å². The van der Waals surface area contributed by atoms with Gasteiger partial charge in [-0.1, -0.05) is 39.7 Å². The van der Waals surface area contributed by atoms with Gasteiger partial charge in [-0.15, -0.1) is 0 Å². The highest BCUT2D eigenvalue weighted by molar-refractivity contribution is 9.09. The third kappa shape index (κ3) is 3.07. The molecule has 0 aliphatic heterocycles. The molecule has 0 saturated heterocycles. The SMILES string of the molecule is COc1ccc(C(Br)c2cc(F)c(F)cc2Cl)cc1. The number of hydrogen-bond donors (Lipinski definition) is 0. The lowest BCUT2D eigenvalue weighted by molar-refractivity contribution is 0.414. The maximum absolute atomic E-state index is 13.3. The fourth-order valence-electron chi connectivity index (χ4n) is 1.68. The maximum atomic E-state index is 13.3. The van der Waals surface area contributed by atoms with Crippen molar-refractivity contribution in [2.75, 3.05) is 7.11 Å². The predicted molar refractivity (Wildman–Crippen MR) is 75.1 cm³/mol. The van der Waals surface area contributed by atoms with E-state index in [-0.39, 0.29) is 9.85 Å². The van der Waals surface area contributed by atoms with Crippen molar-refractivity contribution in [3.05, 3.63) is 64.2 Å². The summed E-state index contributed by atoms with van der Waals surface area (Å²) in [5.41, 5.74) is 1.35. The van der Waals surface area contributed by atoms with Crippen LogP contribution in [0.5, 0.6) is 5.75 Å². The Morgan fingerprint density at radius 3 is 2.26 bits per heavy atom. The second-order valence-corrected chi connectivity index (χ2v) is 5.25. The van der Waals surface area contributed by atoms with Crippen LogP contribution >= 0.6 is 27.5 Å². The highest BCUT2D eigenvalue weighted by atomic mass is 79.9. The van der Waals surface area contributed by atoms with E-state index in [1.165, 1.54) is 0 Å². The summed E-state index contributed by atoms with van der Waals surface area (Å²) in [6.07, 6.45) is 0. The smallest absolute Gasteiger partial charge is 0.160 e. The van der Waals surface area contributed by atoms with Gasteiger partial charge < -0.3 is 4.74 Å². The third-order valence-electron chi connectivity index (χ3n) is 2.72. The van der Waals surface area contributed by atoms with E-state index in [4.69, 9.17) is 16.3 Å². The highest BCUT2D eigenvalue weighted by Crippen LogP contribution is 2.36. The Labute approximate surface area is 123 Å². The number of ether oxygens (including phenoxy) is 1. The molecule has 2 aromatic carbocycles. The Bertz CT molecular complexity index is 587. The molecule has 100 valence electrons. The number of methoxy groups -OCH3 is 1. The number of alkyl halides is 1. The summed E-state index contributed by atoms with van der Waals surface area (Å²) in [5, 5.41) is 0.177. The normalized spacial score (nSPS) is 12.3. The van der Waals surface area contributed by atoms with Crippen molar-refractivity contribution in [3.8, 4) is 5.75 Å². The van der Waals surface area contributed by atoms with Crippen molar-refractivity contribution < 1.29 is 13.5 Å². The third-order valence-corrected chi connectivity index (χ3v) is 4.07. The van der Waals surface area contributed by atoms with Crippen LogP contribution in [0.4, 0.5) is 8.78 Å². The molecule has 5 heteroatoms. The van der Waals surface area contributed by atoms with Gasteiger partial charge in [0.15, 0.2) is 11.6 Å². The van der Waals surface area contributed by atoms with E-state index in [1.54, 1.807) is 19.2 Å². The van der Waals surface area contributed by atoms with E-state index >= 15 is 0 Å². The van der Waals surface area contributed by atoms with Gasteiger partial charge in [-0.3, -0.25) is 0 Å². The van der Waals surface area contributed by atoms with Crippen LogP contribution in [0.1, 0.15) is 16.0 Å². The summed E-state index contributed by atoms with van der Waals surface area (Å²) in [6, 6.07) is 9.31. The lowest BCUT2D eigenvalue weighted by atomic mass is 10.0. The Kier molecular flexibility index (Phi) is 4.42. The second kappa shape index (κ2) is 5.88. The lowest BCUT2D eigenvalue weighted by Gasteiger charge is -2.13. The van der Waals surface area contributed by atoms with Crippen molar-refractivity contribution in [1.82, 2.24) is 0 Å². The summed E-state index contributed by atoms with van der Waals surface area (Å²) < 4.78 is 31.4. The first-order chi connectivity index (χ1) is 9.02. The van der Waals surface area contributed by atoms with Crippen molar-refractivity contribution in [1.29, 1.82) is 0 Å². The zero-order valence-electron chi connectivity index (χ0n) is 9.96. The molecular formula is C14H10BrClF2O. The van der Waals surface area contributed by atoms with Crippen molar-refractivity contribution in [2.45, 2.75) is 4.83 Å². The maximum Gasteiger partial charge on any atom is 0.160 e. The molecule has 0 aromatic heterocycles. The van der Waals surface area contributed by atoms with Gasteiger partial charge in [-0.2, -0.15) is 0 Å². The number of rotatable bonds is 3. The van der Waals surface area contributed by atoms with Crippen LogP contribution in [0.25, 0.3) is 0 Å². The van der Waals surface area contributed by atoms with Crippen molar-refractivity contribution >= 4 is 27.5 Å². The van der Waals surface area contributed by atoms with Crippen molar-refractivity contribution in [2.24, 2.45) is 0 Å². The fourth-order valence-corrected chi connectivity index (χ4v) is 2.76. The highest BCUT2D eigenvalue weighted by Gasteiger charge is 2.17. The molecule has 0 amide bonds. The van der Waals surface area contributed by atoms with E-state index in [2.05, 4.69) is 15.9 Å². The van der Waals surface area contributed by atoms with Gasteiger partial charge >= 0.3 is 0 Å². The quantitative estimate of drug-likeness (QED) is 0.554. The average molecular weight is 348 g/mol. The molecule has 1 atom stereocenters. The standard InChI is InChI=1S/C14H10BrClF2O/c1-19-9-4-2-8(3-5-9)14(15)10-6-12(17)13(18)7-11(10)16/h2-7,14H,1H3. The van der Waals surface area contributed by atoms with Gasteiger partial charge in [0, 0.05) is 5.02 Å². The molecule has 2 aromatic rings. The zero-order valence-corrected chi connectivity index (χ0v) is 12.3. The summed E-state index contributed by atoms with van der Waals surface area (Å²) in [5.74, 6) is -1.15.